The summed E-state index contributed by atoms with van der Waals surface area (Å²) in [6.07, 6.45) is 0.303. The number of esters is 1. The van der Waals surface area contributed by atoms with Crippen LogP contribution in [-0.4, -0.2) is 30.6 Å². The zero-order valence-electron chi connectivity index (χ0n) is 17.6. The minimum atomic E-state index is -0.485. The van der Waals surface area contributed by atoms with Crippen molar-refractivity contribution in [2.75, 3.05) is 13.7 Å². The topological polar surface area (TPSA) is 72.8 Å². The van der Waals surface area contributed by atoms with E-state index in [0.29, 0.717) is 40.0 Å². The summed E-state index contributed by atoms with van der Waals surface area (Å²) in [5, 5.41) is 11.1. The minimum Gasteiger partial charge on any atom is -0.506 e. The summed E-state index contributed by atoms with van der Waals surface area (Å²) in [7, 11) is 1.50. The van der Waals surface area contributed by atoms with Crippen molar-refractivity contribution in [1.82, 2.24) is 0 Å². The van der Waals surface area contributed by atoms with Crippen molar-refractivity contribution >= 4 is 11.8 Å². The summed E-state index contributed by atoms with van der Waals surface area (Å²) in [6, 6.07) is 19.6. The highest BCUT2D eigenvalue weighted by Gasteiger charge is 2.24. The van der Waals surface area contributed by atoms with E-state index in [1.807, 2.05) is 36.4 Å². The molecule has 1 N–H and O–H groups in total. The van der Waals surface area contributed by atoms with E-state index in [0.717, 1.165) is 0 Å². The standard InChI is InChI=1S/C26H24O5/c1-17(2)26(29)31-15-14-20-16-21(23(27)19-12-8-5-9-13-19)24(28)22(25(20)30-3)18-10-6-4-7-11-18/h4-13,16,28H,1,14-15H2,2-3H3. The van der Waals surface area contributed by atoms with Gasteiger partial charge in [-0.1, -0.05) is 67.2 Å². The Morgan fingerprint density at radius 2 is 1.61 bits per heavy atom. The van der Waals surface area contributed by atoms with Crippen LogP contribution in [0.15, 0.2) is 78.9 Å². The zero-order valence-corrected chi connectivity index (χ0v) is 17.6. The van der Waals surface area contributed by atoms with Crippen LogP contribution in [0.3, 0.4) is 0 Å². The summed E-state index contributed by atoms with van der Waals surface area (Å²) < 4.78 is 10.9. The molecule has 0 atom stereocenters. The van der Waals surface area contributed by atoms with Gasteiger partial charge in [0.15, 0.2) is 5.78 Å². The number of benzene rings is 3. The molecule has 3 aromatic carbocycles. The van der Waals surface area contributed by atoms with Gasteiger partial charge in [0, 0.05) is 17.6 Å². The summed E-state index contributed by atoms with van der Waals surface area (Å²) in [4.78, 5) is 24.9. The van der Waals surface area contributed by atoms with E-state index in [1.165, 1.54) is 7.11 Å². The second kappa shape index (κ2) is 9.76. The SMILES string of the molecule is C=C(C)C(=O)OCCc1cc(C(=O)c2ccccc2)c(O)c(-c2ccccc2)c1OC. The largest absolute Gasteiger partial charge is 0.506 e. The van der Waals surface area contributed by atoms with Gasteiger partial charge in [-0.25, -0.2) is 4.79 Å². The molecule has 0 aliphatic heterocycles. The Morgan fingerprint density at radius 3 is 2.19 bits per heavy atom. The highest BCUT2D eigenvalue weighted by atomic mass is 16.5. The smallest absolute Gasteiger partial charge is 0.333 e. The molecule has 0 spiro atoms. The minimum absolute atomic E-state index is 0.0834. The Morgan fingerprint density at radius 1 is 1.00 bits per heavy atom. The molecule has 0 amide bonds. The van der Waals surface area contributed by atoms with Crippen LogP contribution in [0.5, 0.6) is 11.5 Å². The van der Waals surface area contributed by atoms with Crippen LogP contribution < -0.4 is 4.74 Å². The summed E-state index contributed by atoms with van der Waals surface area (Å²) in [5.41, 5.74) is 2.70. The summed E-state index contributed by atoms with van der Waals surface area (Å²) in [5.74, 6) is -0.515. The highest BCUT2D eigenvalue weighted by molar-refractivity contribution is 6.12. The number of rotatable bonds is 8. The quantitative estimate of drug-likeness (QED) is 0.319. The molecule has 158 valence electrons. The van der Waals surface area contributed by atoms with Crippen LogP contribution in [-0.2, 0) is 16.0 Å². The van der Waals surface area contributed by atoms with Gasteiger partial charge in [-0.15, -0.1) is 0 Å². The van der Waals surface area contributed by atoms with E-state index in [9.17, 15) is 14.7 Å². The Balaban J connectivity index is 2.11. The van der Waals surface area contributed by atoms with Gasteiger partial charge in [-0.05, 0) is 24.1 Å². The molecule has 5 nitrogen and oxygen atoms in total. The molecule has 0 saturated carbocycles. The fourth-order valence-electron chi connectivity index (χ4n) is 3.30. The van der Waals surface area contributed by atoms with Crippen LogP contribution in [0.1, 0.15) is 28.4 Å². The van der Waals surface area contributed by atoms with E-state index in [1.54, 1.807) is 37.3 Å². The van der Waals surface area contributed by atoms with Gasteiger partial charge in [-0.3, -0.25) is 4.79 Å². The zero-order chi connectivity index (χ0) is 22.4. The molecule has 0 heterocycles. The van der Waals surface area contributed by atoms with Crippen molar-refractivity contribution in [3.8, 4) is 22.6 Å². The molecule has 0 aliphatic carbocycles. The molecule has 0 unspecified atom stereocenters. The lowest BCUT2D eigenvalue weighted by Gasteiger charge is -2.18. The van der Waals surface area contributed by atoms with Crippen molar-refractivity contribution in [2.45, 2.75) is 13.3 Å². The average molecular weight is 416 g/mol. The molecule has 0 radical (unpaired) electrons. The van der Waals surface area contributed by atoms with Gasteiger partial charge in [0.25, 0.3) is 0 Å². The first-order valence-corrected chi connectivity index (χ1v) is 9.84. The fraction of sp³-hybridized carbons (Fsp3) is 0.154. The van der Waals surface area contributed by atoms with Gasteiger partial charge in [0.1, 0.15) is 11.5 Å². The molecular weight excluding hydrogens is 392 g/mol. The van der Waals surface area contributed by atoms with Crippen molar-refractivity contribution in [3.05, 3.63) is 95.6 Å². The van der Waals surface area contributed by atoms with Crippen LogP contribution in [0, 0.1) is 0 Å². The Hall–Kier alpha value is -3.86. The number of methoxy groups -OCH3 is 1. The van der Waals surface area contributed by atoms with Gasteiger partial charge in [-0.2, -0.15) is 0 Å². The lowest BCUT2D eigenvalue weighted by molar-refractivity contribution is -0.138. The first-order chi connectivity index (χ1) is 14.9. The molecule has 3 aromatic rings. The van der Waals surface area contributed by atoms with E-state index in [4.69, 9.17) is 9.47 Å². The van der Waals surface area contributed by atoms with E-state index >= 15 is 0 Å². The second-order valence-electron chi connectivity index (χ2n) is 7.07. The van der Waals surface area contributed by atoms with Crippen molar-refractivity contribution in [3.63, 3.8) is 0 Å². The lowest BCUT2D eigenvalue weighted by Crippen LogP contribution is -2.10. The lowest BCUT2D eigenvalue weighted by atomic mass is 9.92. The molecule has 31 heavy (non-hydrogen) atoms. The van der Waals surface area contributed by atoms with Gasteiger partial charge in [0.2, 0.25) is 0 Å². The number of phenolic OH excluding ortho intramolecular Hbond substituents is 1. The van der Waals surface area contributed by atoms with Crippen molar-refractivity contribution in [1.29, 1.82) is 0 Å². The molecule has 5 heteroatoms. The van der Waals surface area contributed by atoms with Crippen LogP contribution in [0.2, 0.25) is 0 Å². The highest BCUT2D eigenvalue weighted by Crippen LogP contribution is 2.43. The number of ether oxygens (including phenoxy) is 2. The molecular formula is C26H24O5. The van der Waals surface area contributed by atoms with Crippen LogP contribution in [0.4, 0.5) is 0 Å². The number of hydrogen-bond acceptors (Lipinski definition) is 5. The number of hydrogen-bond donors (Lipinski definition) is 1. The Bertz CT molecular complexity index is 1100. The third-order valence-electron chi connectivity index (χ3n) is 4.83. The van der Waals surface area contributed by atoms with Crippen LogP contribution >= 0.6 is 0 Å². The summed E-state index contributed by atoms with van der Waals surface area (Å²) >= 11 is 0. The number of phenols is 1. The van der Waals surface area contributed by atoms with Gasteiger partial charge < -0.3 is 14.6 Å². The number of ketones is 1. The molecule has 0 aliphatic rings. The van der Waals surface area contributed by atoms with Crippen LogP contribution in [0.25, 0.3) is 11.1 Å². The number of carbonyl (C=O) groups is 2. The number of carbonyl (C=O) groups excluding carboxylic acids is 2. The molecule has 0 saturated heterocycles. The maximum atomic E-state index is 13.2. The average Bonchev–Trinajstić information content (AvgIpc) is 2.80. The molecule has 0 bridgehead atoms. The first kappa shape index (κ1) is 21.8. The van der Waals surface area contributed by atoms with Gasteiger partial charge in [0.05, 0.1) is 24.8 Å². The van der Waals surface area contributed by atoms with Crippen molar-refractivity contribution in [2.24, 2.45) is 0 Å². The predicted octanol–water partition coefficient (Wildman–Crippen LogP) is 4.96. The third-order valence-corrected chi connectivity index (χ3v) is 4.83. The molecule has 0 fully saturated rings. The Kier molecular flexibility index (Phi) is 6.88. The Labute approximate surface area is 181 Å². The summed E-state index contributed by atoms with van der Waals surface area (Å²) in [6.45, 7) is 5.23. The van der Waals surface area contributed by atoms with Crippen molar-refractivity contribution < 1.29 is 24.2 Å². The maximum absolute atomic E-state index is 13.2. The van der Waals surface area contributed by atoms with E-state index in [2.05, 4.69) is 6.58 Å². The predicted molar refractivity (Wildman–Crippen MR) is 119 cm³/mol. The number of aromatic hydroxyl groups is 1. The van der Waals surface area contributed by atoms with E-state index in [-0.39, 0.29) is 23.7 Å². The maximum Gasteiger partial charge on any atom is 0.333 e. The monoisotopic (exact) mass is 416 g/mol. The molecule has 0 aromatic heterocycles. The first-order valence-electron chi connectivity index (χ1n) is 9.84. The molecule has 3 rings (SSSR count). The third kappa shape index (κ3) is 4.83. The van der Waals surface area contributed by atoms with Gasteiger partial charge >= 0.3 is 5.97 Å². The second-order valence-corrected chi connectivity index (χ2v) is 7.07. The normalized spacial score (nSPS) is 10.4. The van der Waals surface area contributed by atoms with E-state index < -0.39 is 5.97 Å². The fourth-order valence-corrected chi connectivity index (χ4v) is 3.30.